The Morgan fingerprint density at radius 3 is 2.81 bits per heavy atom. The fourth-order valence-corrected chi connectivity index (χ4v) is 3.05. The Labute approximate surface area is 126 Å². The predicted molar refractivity (Wildman–Crippen MR) is 81.8 cm³/mol. The molecule has 2 N–H and O–H groups in total. The molecule has 1 fully saturated rings. The van der Waals surface area contributed by atoms with Crippen LogP contribution in [0.2, 0.25) is 0 Å². The van der Waals surface area contributed by atoms with Crippen molar-refractivity contribution in [1.29, 1.82) is 0 Å². The smallest absolute Gasteiger partial charge is 0.163 e. The van der Waals surface area contributed by atoms with Gasteiger partial charge in [-0.05, 0) is 37.9 Å². The van der Waals surface area contributed by atoms with Crippen LogP contribution >= 0.6 is 0 Å². The molecule has 21 heavy (non-hydrogen) atoms. The number of hydrogen-bond donors (Lipinski definition) is 1. The quantitative estimate of drug-likeness (QED) is 0.861. The normalized spacial score (nSPS) is 22.2. The molecule has 0 aliphatic carbocycles. The van der Waals surface area contributed by atoms with Gasteiger partial charge in [0.1, 0.15) is 13.2 Å². The number of fused-ring (bicyclic) bond motifs is 1. The van der Waals surface area contributed by atoms with Crippen molar-refractivity contribution in [2.75, 3.05) is 38.6 Å². The highest BCUT2D eigenvalue weighted by molar-refractivity contribution is 5.58. The van der Waals surface area contributed by atoms with Crippen LogP contribution in [0.25, 0.3) is 0 Å². The van der Waals surface area contributed by atoms with E-state index in [0.717, 1.165) is 55.4 Å². The molecule has 5 nitrogen and oxygen atoms in total. The van der Waals surface area contributed by atoms with Gasteiger partial charge in [-0.3, -0.25) is 4.90 Å². The van der Waals surface area contributed by atoms with Gasteiger partial charge < -0.3 is 19.9 Å². The molecule has 0 bridgehead atoms. The third kappa shape index (κ3) is 3.41. The van der Waals surface area contributed by atoms with Crippen LogP contribution in [0, 0.1) is 0 Å². The maximum atomic E-state index is 6.16. The van der Waals surface area contributed by atoms with Gasteiger partial charge in [-0.1, -0.05) is 0 Å². The summed E-state index contributed by atoms with van der Waals surface area (Å²) in [6.07, 6.45) is 2.68. The van der Waals surface area contributed by atoms with Gasteiger partial charge in [-0.2, -0.15) is 0 Å². The van der Waals surface area contributed by atoms with Gasteiger partial charge in [0.15, 0.2) is 11.5 Å². The van der Waals surface area contributed by atoms with E-state index < -0.39 is 0 Å². The Bertz CT molecular complexity index is 491. The molecule has 1 aromatic carbocycles. The van der Waals surface area contributed by atoms with Crippen LogP contribution in [0.5, 0.6) is 11.5 Å². The molecule has 1 atom stereocenters. The summed E-state index contributed by atoms with van der Waals surface area (Å²) in [5.41, 5.74) is 8.05. The van der Waals surface area contributed by atoms with Gasteiger partial charge in [-0.25, -0.2) is 0 Å². The van der Waals surface area contributed by atoms with Crippen LogP contribution in [0.4, 0.5) is 5.69 Å². The Hall–Kier alpha value is -1.46. The van der Waals surface area contributed by atoms with Crippen molar-refractivity contribution in [3.8, 4) is 11.5 Å². The van der Waals surface area contributed by atoms with E-state index in [1.54, 1.807) is 0 Å². The van der Waals surface area contributed by atoms with Crippen LogP contribution < -0.4 is 15.2 Å². The molecule has 0 radical (unpaired) electrons. The van der Waals surface area contributed by atoms with Gasteiger partial charge >= 0.3 is 0 Å². The molecule has 0 spiro atoms. The summed E-state index contributed by atoms with van der Waals surface area (Å²) in [5.74, 6) is 1.57. The molecule has 1 aromatic rings. The lowest BCUT2D eigenvalue weighted by Gasteiger charge is -2.33. The van der Waals surface area contributed by atoms with E-state index in [9.17, 15) is 0 Å². The Morgan fingerprint density at radius 1 is 1.29 bits per heavy atom. The minimum Gasteiger partial charge on any atom is -0.486 e. The molecule has 2 aliphatic heterocycles. The molecule has 1 saturated heterocycles. The summed E-state index contributed by atoms with van der Waals surface area (Å²) in [5, 5.41) is 0. The topological polar surface area (TPSA) is 57.0 Å². The highest BCUT2D eigenvalue weighted by Crippen LogP contribution is 2.35. The lowest BCUT2D eigenvalue weighted by Crippen LogP contribution is -2.39. The van der Waals surface area contributed by atoms with Gasteiger partial charge in [0.25, 0.3) is 0 Å². The summed E-state index contributed by atoms with van der Waals surface area (Å²) < 4.78 is 17.0. The first-order chi connectivity index (χ1) is 10.3. The average molecular weight is 292 g/mol. The fraction of sp³-hybridized carbons (Fsp3) is 0.625. The molecule has 3 rings (SSSR count). The molecule has 0 amide bonds. The minimum absolute atomic E-state index is 0.349. The van der Waals surface area contributed by atoms with Crippen LogP contribution in [-0.2, 0) is 11.3 Å². The van der Waals surface area contributed by atoms with Crippen molar-refractivity contribution in [1.82, 2.24) is 4.90 Å². The van der Waals surface area contributed by atoms with Crippen LogP contribution in [0.3, 0.4) is 0 Å². The number of ether oxygens (including phenoxy) is 3. The standard InChI is InChI=1S/C16H24N2O3/c1-2-19-13-4-3-5-18(11-13)10-12-8-15-16(9-14(12)17)21-7-6-20-15/h8-9,13H,2-7,10-11,17H2,1H3. The molecule has 5 heteroatoms. The van der Waals surface area contributed by atoms with E-state index in [0.29, 0.717) is 19.3 Å². The number of hydrogen-bond acceptors (Lipinski definition) is 5. The highest BCUT2D eigenvalue weighted by atomic mass is 16.6. The number of nitrogens with zero attached hydrogens (tertiary/aromatic N) is 1. The Morgan fingerprint density at radius 2 is 2.05 bits per heavy atom. The first-order valence-electron chi connectivity index (χ1n) is 7.78. The summed E-state index contributed by atoms with van der Waals surface area (Å²) in [6, 6.07) is 3.90. The molecule has 2 aliphatic rings. The number of rotatable bonds is 4. The number of likely N-dealkylation sites (tertiary alicyclic amines) is 1. The predicted octanol–water partition coefficient (Wildman–Crippen LogP) is 2.04. The number of piperidine rings is 1. The lowest BCUT2D eigenvalue weighted by molar-refractivity contribution is 0.00365. The van der Waals surface area contributed by atoms with Crippen molar-refractivity contribution >= 4 is 5.69 Å². The number of nitrogens with two attached hydrogens (primary N) is 1. The third-order valence-electron chi connectivity index (χ3n) is 4.06. The molecule has 0 aromatic heterocycles. The van der Waals surface area contributed by atoms with Crippen molar-refractivity contribution in [2.24, 2.45) is 0 Å². The minimum atomic E-state index is 0.349. The van der Waals surface area contributed by atoms with Crippen LogP contribution in [-0.4, -0.2) is 43.9 Å². The van der Waals surface area contributed by atoms with Crippen molar-refractivity contribution in [3.63, 3.8) is 0 Å². The largest absolute Gasteiger partial charge is 0.486 e. The average Bonchev–Trinajstić information content (AvgIpc) is 2.49. The van der Waals surface area contributed by atoms with E-state index in [1.165, 1.54) is 6.42 Å². The van der Waals surface area contributed by atoms with E-state index in [-0.39, 0.29) is 0 Å². The molecule has 116 valence electrons. The van der Waals surface area contributed by atoms with Gasteiger partial charge in [0.2, 0.25) is 0 Å². The lowest BCUT2D eigenvalue weighted by atomic mass is 10.1. The first kappa shape index (κ1) is 14.5. The van der Waals surface area contributed by atoms with Gasteiger partial charge in [0.05, 0.1) is 6.10 Å². The fourth-order valence-electron chi connectivity index (χ4n) is 3.05. The summed E-state index contributed by atoms with van der Waals surface area (Å²) in [6.45, 7) is 6.94. The molecular weight excluding hydrogens is 268 g/mol. The van der Waals surface area contributed by atoms with E-state index in [4.69, 9.17) is 19.9 Å². The van der Waals surface area contributed by atoms with Crippen molar-refractivity contribution in [3.05, 3.63) is 17.7 Å². The van der Waals surface area contributed by atoms with E-state index in [1.807, 2.05) is 12.1 Å². The second kappa shape index (κ2) is 6.54. The number of anilines is 1. The van der Waals surface area contributed by atoms with Crippen LogP contribution in [0.15, 0.2) is 12.1 Å². The molecule has 1 unspecified atom stereocenters. The van der Waals surface area contributed by atoms with Crippen LogP contribution in [0.1, 0.15) is 25.3 Å². The highest BCUT2D eigenvalue weighted by Gasteiger charge is 2.22. The number of benzene rings is 1. The van der Waals surface area contributed by atoms with E-state index in [2.05, 4.69) is 11.8 Å². The third-order valence-corrected chi connectivity index (χ3v) is 4.06. The molecular formula is C16H24N2O3. The first-order valence-corrected chi connectivity index (χ1v) is 7.78. The Kier molecular flexibility index (Phi) is 4.51. The Balaban J connectivity index is 1.69. The van der Waals surface area contributed by atoms with E-state index >= 15 is 0 Å². The maximum absolute atomic E-state index is 6.16. The molecule has 2 heterocycles. The second-order valence-corrected chi connectivity index (χ2v) is 5.65. The number of nitrogen functional groups attached to an aromatic ring is 1. The molecule has 0 saturated carbocycles. The monoisotopic (exact) mass is 292 g/mol. The van der Waals surface area contributed by atoms with Crippen molar-refractivity contribution in [2.45, 2.75) is 32.4 Å². The zero-order valence-corrected chi connectivity index (χ0v) is 12.6. The summed E-state index contributed by atoms with van der Waals surface area (Å²) >= 11 is 0. The second-order valence-electron chi connectivity index (χ2n) is 5.65. The van der Waals surface area contributed by atoms with Crippen molar-refractivity contribution < 1.29 is 14.2 Å². The van der Waals surface area contributed by atoms with Gasteiger partial charge in [-0.15, -0.1) is 0 Å². The SMILES string of the molecule is CCOC1CCCN(Cc2cc3c(cc2N)OCCO3)C1. The summed E-state index contributed by atoms with van der Waals surface area (Å²) in [7, 11) is 0. The summed E-state index contributed by atoms with van der Waals surface area (Å²) in [4.78, 5) is 2.41. The van der Waals surface area contributed by atoms with Gasteiger partial charge in [0, 0.05) is 31.5 Å². The maximum Gasteiger partial charge on any atom is 0.163 e. The zero-order valence-electron chi connectivity index (χ0n) is 12.6. The zero-order chi connectivity index (χ0) is 14.7.